The summed E-state index contributed by atoms with van der Waals surface area (Å²) in [6, 6.07) is 8.91. The summed E-state index contributed by atoms with van der Waals surface area (Å²) < 4.78 is 11.6. The molecule has 2 aromatic rings. The highest BCUT2D eigenvalue weighted by Gasteiger charge is 2.45. The van der Waals surface area contributed by atoms with Crippen molar-refractivity contribution < 1.29 is 9.26 Å². The zero-order valence-corrected chi connectivity index (χ0v) is 14.6. The van der Waals surface area contributed by atoms with Crippen molar-refractivity contribution in [1.82, 2.24) is 10.5 Å². The van der Waals surface area contributed by atoms with Crippen LogP contribution in [-0.4, -0.2) is 17.3 Å². The fourth-order valence-electron chi connectivity index (χ4n) is 4.08. The van der Waals surface area contributed by atoms with Crippen LogP contribution >= 0.6 is 0 Å². The predicted molar refractivity (Wildman–Crippen MR) is 93.3 cm³/mol. The largest absolute Gasteiger partial charge is 0.487 e. The molecule has 2 aliphatic rings. The van der Waals surface area contributed by atoms with Gasteiger partial charge in [0.15, 0.2) is 0 Å². The Morgan fingerprint density at radius 3 is 2.79 bits per heavy atom. The highest BCUT2D eigenvalue weighted by Crippen LogP contribution is 2.48. The second kappa shape index (κ2) is 6.25. The van der Waals surface area contributed by atoms with Gasteiger partial charge in [0.05, 0.1) is 5.69 Å². The van der Waals surface area contributed by atoms with E-state index in [0.717, 1.165) is 43.0 Å². The van der Waals surface area contributed by atoms with Crippen molar-refractivity contribution in [3.8, 4) is 5.75 Å². The van der Waals surface area contributed by atoms with Gasteiger partial charge in [-0.15, -0.1) is 0 Å². The van der Waals surface area contributed by atoms with E-state index in [2.05, 4.69) is 34.7 Å². The van der Waals surface area contributed by atoms with E-state index in [4.69, 9.17) is 9.26 Å². The number of aryl methyl sites for hydroxylation is 2. The normalized spacial score (nSPS) is 21.2. The first kappa shape index (κ1) is 15.7. The van der Waals surface area contributed by atoms with Crippen LogP contribution in [-0.2, 0) is 6.42 Å². The van der Waals surface area contributed by atoms with Crippen LogP contribution < -0.4 is 10.1 Å². The maximum Gasteiger partial charge on any atom is 0.137 e. The van der Waals surface area contributed by atoms with Crippen molar-refractivity contribution in [2.45, 2.75) is 64.0 Å². The summed E-state index contributed by atoms with van der Waals surface area (Å²) in [7, 11) is 0. The van der Waals surface area contributed by atoms with E-state index in [1.165, 1.54) is 30.4 Å². The van der Waals surface area contributed by atoms with E-state index in [9.17, 15) is 0 Å². The molecule has 1 saturated carbocycles. The van der Waals surface area contributed by atoms with Crippen LogP contribution in [0, 0.1) is 13.8 Å². The molecule has 1 N–H and O–H groups in total. The molecule has 4 nitrogen and oxygen atoms in total. The molecule has 1 aliphatic heterocycles. The minimum atomic E-state index is 0.0909. The van der Waals surface area contributed by atoms with Crippen molar-refractivity contribution in [2.24, 2.45) is 0 Å². The van der Waals surface area contributed by atoms with E-state index in [0.29, 0.717) is 6.04 Å². The third kappa shape index (κ3) is 2.84. The van der Waals surface area contributed by atoms with Gasteiger partial charge >= 0.3 is 0 Å². The summed E-state index contributed by atoms with van der Waals surface area (Å²) in [5, 5.41) is 7.81. The maximum atomic E-state index is 6.32. The molecule has 1 unspecified atom stereocenters. The number of nitrogens with zero attached hydrogens (tertiary/aromatic N) is 1. The molecule has 1 aromatic carbocycles. The first-order valence-electron chi connectivity index (χ1n) is 9.10. The minimum absolute atomic E-state index is 0.0909. The molecule has 24 heavy (non-hydrogen) atoms. The SMILES string of the molecule is Cc1noc(C)c1CCCNC1CC2(CCC2)Oc2ccccc21. The van der Waals surface area contributed by atoms with Gasteiger partial charge in [0.2, 0.25) is 0 Å². The first-order valence-corrected chi connectivity index (χ1v) is 9.10. The van der Waals surface area contributed by atoms with Gasteiger partial charge in [0, 0.05) is 23.6 Å². The molecule has 2 heterocycles. The highest BCUT2D eigenvalue weighted by atomic mass is 16.5. The molecular weight excluding hydrogens is 300 g/mol. The van der Waals surface area contributed by atoms with Gasteiger partial charge in [0.1, 0.15) is 17.1 Å². The van der Waals surface area contributed by atoms with Crippen LogP contribution in [0.3, 0.4) is 0 Å². The molecule has 4 rings (SSSR count). The molecule has 0 amide bonds. The molecule has 128 valence electrons. The second-order valence-corrected chi connectivity index (χ2v) is 7.29. The molecule has 0 radical (unpaired) electrons. The molecule has 0 bridgehead atoms. The Bertz CT molecular complexity index is 699. The summed E-state index contributed by atoms with van der Waals surface area (Å²) in [5.41, 5.74) is 3.69. The number of para-hydroxylation sites is 1. The van der Waals surface area contributed by atoms with Gasteiger partial charge in [-0.2, -0.15) is 0 Å². The highest BCUT2D eigenvalue weighted by molar-refractivity contribution is 5.39. The van der Waals surface area contributed by atoms with Crippen molar-refractivity contribution in [3.05, 3.63) is 46.8 Å². The van der Waals surface area contributed by atoms with Gasteiger partial charge in [-0.05, 0) is 58.6 Å². The van der Waals surface area contributed by atoms with E-state index in [1.807, 2.05) is 13.8 Å². The van der Waals surface area contributed by atoms with Crippen LogP contribution in [0.1, 0.15) is 60.7 Å². The number of benzene rings is 1. The fourth-order valence-corrected chi connectivity index (χ4v) is 4.08. The Morgan fingerprint density at radius 2 is 2.08 bits per heavy atom. The summed E-state index contributed by atoms with van der Waals surface area (Å²) in [4.78, 5) is 0. The van der Waals surface area contributed by atoms with Gasteiger partial charge in [-0.1, -0.05) is 23.4 Å². The lowest BCUT2D eigenvalue weighted by molar-refractivity contribution is -0.0368. The van der Waals surface area contributed by atoms with E-state index >= 15 is 0 Å². The fraction of sp³-hybridized carbons (Fsp3) is 0.550. The van der Waals surface area contributed by atoms with Crippen LogP contribution in [0.4, 0.5) is 0 Å². The number of ether oxygens (including phenoxy) is 1. The molecular formula is C20H26N2O2. The first-order chi connectivity index (χ1) is 11.7. The zero-order chi connectivity index (χ0) is 16.6. The quantitative estimate of drug-likeness (QED) is 0.834. The zero-order valence-electron chi connectivity index (χ0n) is 14.6. The number of fused-ring (bicyclic) bond motifs is 1. The van der Waals surface area contributed by atoms with E-state index < -0.39 is 0 Å². The third-order valence-corrected chi connectivity index (χ3v) is 5.64. The van der Waals surface area contributed by atoms with Gasteiger partial charge in [-0.25, -0.2) is 0 Å². The molecule has 1 atom stereocenters. The summed E-state index contributed by atoms with van der Waals surface area (Å²) in [5.74, 6) is 2.03. The van der Waals surface area contributed by atoms with Crippen molar-refractivity contribution >= 4 is 0 Å². The Hall–Kier alpha value is -1.81. The van der Waals surface area contributed by atoms with Crippen molar-refractivity contribution in [1.29, 1.82) is 0 Å². The third-order valence-electron chi connectivity index (χ3n) is 5.64. The number of nitrogens with one attached hydrogen (secondary N) is 1. The minimum Gasteiger partial charge on any atom is -0.487 e. The topological polar surface area (TPSA) is 47.3 Å². The average molecular weight is 326 g/mol. The number of rotatable bonds is 5. The standard InChI is InChI=1S/C20H26N2O2/c1-14-16(15(2)24-22-14)8-5-12-21-18-13-20(10-6-11-20)23-19-9-4-3-7-17(18)19/h3-4,7,9,18,21H,5-6,8,10-13H2,1-2H3. The van der Waals surface area contributed by atoms with Crippen molar-refractivity contribution in [3.63, 3.8) is 0 Å². The lowest BCUT2D eigenvalue weighted by atomic mass is 9.73. The van der Waals surface area contributed by atoms with Crippen LogP contribution in [0.15, 0.2) is 28.8 Å². The molecule has 1 spiro atoms. The Kier molecular flexibility index (Phi) is 4.09. The summed E-state index contributed by atoms with van der Waals surface area (Å²) >= 11 is 0. The Morgan fingerprint density at radius 1 is 1.25 bits per heavy atom. The average Bonchev–Trinajstić information content (AvgIpc) is 2.88. The molecule has 0 saturated heterocycles. The molecule has 1 aliphatic carbocycles. The number of hydrogen-bond donors (Lipinski definition) is 1. The Labute approximate surface area is 143 Å². The second-order valence-electron chi connectivity index (χ2n) is 7.29. The van der Waals surface area contributed by atoms with Gasteiger partial charge in [-0.3, -0.25) is 0 Å². The molecule has 4 heteroatoms. The van der Waals surface area contributed by atoms with Crippen molar-refractivity contribution in [2.75, 3.05) is 6.54 Å². The smallest absolute Gasteiger partial charge is 0.137 e. The van der Waals surface area contributed by atoms with Gasteiger partial charge < -0.3 is 14.6 Å². The molecule has 1 fully saturated rings. The molecule has 1 aromatic heterocycles. The van der Waals surface area contributed by atoms with Crippen LogP contribution in [0.25, 0.3) is 0 Å². The maximum absolute atomic E-state index is 6.32. The number of hydrogen-bond acceptors (Lipinski definition) is 4. The lowest BCUT2D eigenvalue weighted by Gasteiger charge is -2.48. The van der Waals surface area contributed by atoms with Crippen LogP contribution in [0.2, 0.25) is 0 Å². The predicted octanol–water partition coefficient (Wildman–Crippen LogP) is 4.26. The lowest BCUT2D eigenvalue weighted by Crippen LogP contribution is -2.49. The Balaban J connectivity index is 1.39. The van der Waals surface area contributed by atoms with Crippen LogP contribution in [0.5, 0.6) is 5.75 Å². The summed E-state index contributed by atoms with van der Waals surface area (Å²) in [6.45, 7) is 5.02. The van der Waals surface area contributed by atoms with Gasteiger partial charge in [0.25, 0.3) is 0 Å². The van der Waals surface area contributed by atoms with E-state index in [1.54, 1.807) is 0 Å². The number of aromatic nitrogens is 1. The summed E-state index contributed by atoms with van der Waals surface area (Å²) in [6.07, 6.45) is 6.88. The van der Waals surface area contributed by atoms with E-state index in [-0.39, 0.29) is 5.60 Å². The monoisotopic (exact) mass is 326 g/mol.